The molecule has 1 N–H and O–H groups in total. The Morgan fingerprint density at radius 1 is 1.25 bits per heavy atom. The normalized spacial score (nSPS) is 10.4. The number of aromatic amines is 1. The number of hydrogen-bond donors (Lipinski definition) is 1. The summed E-state index contributed by atoms with van der Waals surface area (Å²) in [6.07, 6.45) is 0. The van der Waals surface area contributed by atoms with Gasteiger partial charge in [-0.05, 0) is 24.3 Å². The summed E-state index contributed by atoms with van der Waals surface area (Å²) in [5.74, 6) is 0. The maximum absolute atomic E-state index is 10.8. The van der Waals surface area contributed by atoms with Gasteiger partial charge in [0, 0.05) is 5.02 Å². The molecule has 0 aromatic carbocycles. The second-order valence-corrected chi connectivity index (χ2v) is 2.83. The van der Waals surface area contributed by atoms with Crippen molar-refractivity contribution < 1.29 is 0 Å². The lowest BCUT2D eigenvalue weighted by Gasteiger charge is -1.82. The van der Waals surface area contributed by atoms with Gasteiger partial charge in [0.1, 0.15) is 0 Å². The first-order valence-electron chi connectivity index (χ1n) is 3.41. The highest BCUT2D eigenvalue weighted by Gasteiger charge is 2.03. The van der Waals surface area contributed by atoms with Crippen LogP contribution in [0.1, 0.15) is 0 Å². The zero-order valence-electron chi connectivity index (χ0n) is 6.04. The zero-order chi connectivity index (χ0) is 8.55. The lowest BCUT2D eigenvalue weighted by molar-refractivity contribution is 1.20. The number of rotatable bonds is 0. The Morgan fingerprint density at radius 2 is 2.00 bits per heavy atom. The molecule has 0 saturated heterocycles. The van der Waals surface area contributed by atoms with Crippen molar-refractivity contribution in [1.29, 1.82) is 0 Å². The average Bonchev–Trinajstić information content (AvgIpc) is 2.31. The molecule has 0 atom stereocenters. The van der Waals surface area contributed by atoms with Crippen molar-refractivity contribution in [3.63, 3.8) is 0 Å². The third-order valence-corrected chi connectivity index (χ3v) is 1.80. The van der Waals surface area contributed by atoms with Gasteiger partial charge in [-0.1, -0.05) is 11.6 Å². The quantitative estimate of drug-likeness (QED) is 0.668. The first-order valence-corrected chi connectivity index (χ1v) is 3.79. The van der Waals surface area contributed by atoms with Crippen LogP contribution >= 0.6 is 11.6 Å². The van der Waals surface area contributed by atoms with E-state index in [0.29, 0.717) is 16.4 Å². The molecule has 0 bridgehead atoms. The van der Waals surface area contributed by atoms with Gasteiger partial charge in [0.25, 0.3) is 0 Å². The van der Waals surface area contributed by atoms with Gasteiger partial charge in [0.05, 0.1) is 11.4 Å². The molecule has 0 unspecified atom stereocenters. The molecule has 60 valence electrons. The van der Waals surface area contributed by atoms with Gasteiger partial charge in [-0.25, -0.2) is 4.79 Å². The molecule has 0 fully saturated rings. The Morgan fingerprint density at radius 3 is 2.83 bits per heavy atom. The summed E-state index contributed by atoms with van der Waals surface area (Å²) >= 11 is 5.73. The molecule has 4 heteroatoms. The van der Waals surface area contributed by atoms with Gasteiger partial charge in [-0.2, -0.15) is 4.98 Å². The number of fused-ring (bicyclic) bond motifs is 1. The van der Waals surface area contributed by atoms with Crippen LogP contribution < -0.4 is 5.69 Å². The van der Waals surface area contributed by atoms with Crippen molar-refractivity contribution in [3.8, 4) is 11.4 Å². The summed E-state index contributed by atoms with van der Waals surface area (Å²) in [6.45, 7) is 0. The number of hydrogen-bond acceptors (Lipinski definition) is 2. The summed E-state index contributed by atoms with van der Waals surface area (Å²) in [5, 5.41) is 0.619. The van der Waals surface area contributed by atoms with Crippen molar-refractivity contribution in [2.45, 2.75) is 0 Å². The Kier molecular flexibility index (Phi) is 1.59. The van der Waals surface area contributed by atoms with Gasteiger partial charge >= 0.3 is 5.69 Å². The van der Waals surface area contributed by atoms with Crippen LogP contribution in [0.15, 0.2) is 29.1 Å². The predicted octanol–water partition coefficient (Wildman–Crippen LogP) is 1.53. The van der Waals surface area contributed by atoms with E-state index in [4.69, 9.17) is 11.6 Å². The number of nitrogens with one attached hydrogen (secondary N) is 1. The molecule has 2 rings (SSSR count). The second-order valence-electron chi connectivity index (χ2n) is 2.39. The molecule has 1 aliphatic heterocycles. The molecule has 0 aromatic heterocycles. The fourth-order valence-electron chi connectivity index (χ4n) is 1.01. The molecule has 3 nitrogen and oxygen atoms in total. The van der Waals surface area contributed by atoms with Crippen LogP contribution in [0.25, 0.3) is 11.4 Å². The van der Waals surface area contributed by atoms with Gasteiger partial charge < -0.3 is 4.98 Å². The van der Waals surface area contributed by atoms with E-state index in [9.17, 15) is 4.79 Å². The smallest absolute Gasteiger partial charge is 0.304 e. The average molecular weight is 181 g/mol. The number of H-pyrrole nitrogens is 1. The maximum Gasteiger partial charge on any atom is 0.346 e. The molecule has 12 heavy (non-hydrogen) atoms. The second kappa shape index (κ2) is 2.60. The predicted molar refractivity (Wildman–Crippen MR) is 46.5 cm³/mol. The van der Waals surface area contributed by atoms with Crippen molar-refractivity contribution in [2.24, 2.45) is 0 Å². The lowest BCUT2D eigenvalue weighted by atomic mass is 10.3. The highest BCUT2D eigenvalue weighted by Crippen LogP contribution is 2.15. The van der Waals surface area contributed by atoms with E-state index in [0.717, 1.165) is 0 Å². The highest BCUT2D eigenvalue weighted by molar-refractivity contribution is 6.30. The molecule has 1 aliphatic carbocycles. The van der Waals surface area contributed by atoms with Crippen LogP contribution in [-0.4, -0.2) is 9.97 Å². The number of imidazole rings is 1. The first kappa shape index (κ1) is 7.31. The van der Waals surface area contributed by atoms with E-state index in [1.165, 1.54) is 0 Å². The Hall–Kier alpha value is -1.35. The Bertz CT molecular complexity index is 401. The molecule has 0 amide bonds. The van der Waals surface area contributed by atoms with Gasteiger partial charge in [0.2, 0.25) is 0 Å². The minimum atomic E-state index is -0.327. The fraction of sp³-hybridized carbons (Fsp3) is 0. The topological polar surface area (TPSA) is 45.8 Å². The van der Waals surface area contributed by atoms with Crippen molar-refractivity contribution in [2.75, 3.05) is 0 Å². The monoisotopic (exact) mass is 180 g/mol. The Balaban J connectivity index is 2.78. The molecule has 0 aromatic rings. The zero-order valence-corrected chi connectivity index (χ0v) is 6.80. The van der Waals surface area contributed by atoms with E-state index in [2.05, 4.69) is 9.97 Å². The molecular weight excluding hydrogens is 176 g/mol. The van der Waals surface area contributed by atoms with E-state index < -0.39 is 0 Å². The molecule has 0 radical (unpaired) electrons. The first-order chi connectivity index (χ1) is 5.75. The number of nitrogens with zero attached hydrogens (tertiary/aromatic N) is 1. The third-order valence-electron chi connectivity index (χ3n) is 1.55. The Labute approximate surface area is 73.4 Å². The minimum absolute atomic E-state index is 0.327. The number of halogens is 1. The molecule has 2 aliphatic rings. The SMILES string of the molecule is O=c1nc2ccc(Cl)ccc-2[nH]1. The summed E-state index contributed by atoms with van der Waals surface area (Å²) in [4.78, 5) is 17.1. The lowest BCUT2D eigenvalue weighted by Crippen LogP contribution is -1.98. The largest absolute Gasteiger partial charge is 0.346 e. The van der Waals surface area contributed by atoms with Crippen molar-refractivity contribution >= 4 is 11.6 Å². The van der Waals surface area contributed by atoms with E-state index >= 15 is 0 Å². The number of aromatic nitrogens is 2. The summed E-state index contributed by atoms with van der Waals surface area (Å²) in [5.41, 5.74) is 1.01. The third kappa shape index (κ3) is 1.19. The minimum Gasteiger partial charge on any atom is -0.304 e. The molecule has 0 spiro atoms. The van der Waals surface area contributed by atoms with Crippen molar-refractivity contribution in [3.05, 3.63) is 39.8 Å². The van der Waals surface area contributed by atoms with Gasteiger partial charge in [-0.15, -0.1) is 0 Å². The fourth-order valence-corrected chi connectivity index (χ4v) is 1.13. The van der Waals surface area contributed by atoms with Crippen molar-refractivity contribution in [1.82, 2.24) is 9.97 Å². The standard InChI is InChI=1S/C8H5ClN2O/c9-5-1-3-6-7(4-2-5)11-8(12)10-6/h1-4H,(H,10,11,12). The maximum atomic E-state index is 10.8. The van der Waals surface area contributed by atoms with Crippen LogP contribution in [0.2, 0.25) is 5.02 Å². The highest BCUT2D eigenvalue weighted by atomic mass is 35.5. The van der Waals surface area contributed by atoms with Crippen LogP contribution in [0.4, 0.5) is 0 Å². The molecule has 1 heterocycles. The molecular formula is C8H5ClN2O. The summed E-state index contributed by atoms with van der Waals surface area (Å²) in [7, 11) is 0. The van der Waals surface area contributed by atoms with Gasteiger partial charge in [0.15, 0.2) is 0 Å². The van der Waals surface area contributed by atoms with Crippen LogP contribution in [-0.2, 0) is 0 Å². The van der Waals surface area contributed by atoms with Crippen LogP contribution in [0, 0.1) is 0 Å². The van der Waals surface area contributed by atoms with Gasteiger partial charge in [-0.3, -0.25) is 0 Å². The van der Waals surface area contributed by atoms with E-state index in [-0.39, 0.29) is 5.69 Å². The summed E-state index contributed by atoms with van der Waals surface area (Å²) < 4.78 is 0. The van der Waals surface area contributed by atoms with E-state index in [1.54, 1.807) is 24.3 Å². The van der Waals surface area contributed by atoms with Crippen LogP contribution in [0.3, 0.4) is 0 Å². The molecule has 0 saturated carbocycles. The summed E-state index contributed by atoms with van der Waals surface area (Å²) in [6, 6.07) is 6.84. The van der Waals surface area contributed by atoms with E-state index in [1.807, 2.05) is 0 Å². The van der Waals surface area contributed by atoms with Crippen LogP contribution in [0.5, 0.6) is 0 Å².